The van der Waals surface area contributed by atoms with Crippen LogP contribution in [0.5, 0.6) is 5.75 Å². The summed E-state index contributed by atoms with van der Waals surface area (Å²) in [6.45, 7) is 2.75. The molecule has 4 N–H and O–H groups in total. The van der Waals surface area contributed by atoms with Gasteiger partial charge in [-0.05, 0) is 54.8 Å². The average molecular weight is 617 g/mol. The Bertz CT molecular complexity index is 1590. The molecule has 44 heavy (non-hydrogen) atoms. The van der Waals surface area contributed by atoms with Gasteiger partial charge in [-0.15, -0.1) is 11.3 Å². The van der Waals surface area contributed by atoms with Crippen molar-refractivity contribution < 1.29 is 29.3 Å². The number of carboxylic acid groups (broad SMARTS) is 1. The molecule has 4 rings (SSSR count). The summed E-state index contributed by atoms with van der Waals surface area (Å²) < 4.78 is 5.27. The number of carbonyl (C=O) groups excluding carboxylic acids is 2. The number of aliphatic hydroxyl groups excluding tert-OH is 1. The number of aromatic carboxylic acids is 1. The third-order valence-corrected chi connectivity index (χ3v) is 7.92. The number of amides is 2. The van der Waals surface area contributed by atoms with Gasteiger partial charge in [0.1, 0.15) is 10.8 Å². The Morgan fingerprint density at radius 2 is 1.68 bits per heavy atom. The Morgan fingerprint density at radius 1 is 0.977 bits per heavy atom. The van der Waals surface area contributed by atoms with Crippen LogP contribution in [-0.2, 0) is 19.5 Å². The highest BCUT2D eigenvalue weighted by Crippen LogP contribution is 2.17. The molecule has 0 fully saturated rings. The number of aliphatic hydroxyl groups is 1. The second-order valence-corrected chi connectivity index (χ2v) is 11.4. The Kier molecular flexibility index (Phi) is 11.2. The molecule has 0 bridgehead atoms. The number of methoxy groups -OCH3 is 1. The molecule has 1 heterocycles. The zero-order valence-corrected chi connectivity index (χ0v) is 25.6. The third-order valence-electron chi connectivity index (χ3n) is 6.97. The van der Waals surface area contributed by atoms with E-state index >= 15 is 0 Å². The van der Waals surface area contributed by atoms with E-state index < -0.39 is 29.9 Å². The minimum absolute atomic E-state index is 0.00124. The molecule has 0 saturated carbocycles. The maximum Gasteiger partial charge on any atom is 0.335 e. The first-order chi connectivity index (χ1) is 21.1. The molecular weight excluding hydrogens is 580 g/mol. The van der Waals surface area contributed by atoms with E-state index in [4.69, 9.17) is 4.74 Å². The maximum atomic E-state index is 13.5. The van der Waals surface area contributed by atoms with Gasteiger partial charge in [0.15, 0.2) is 0 Å². The molecule has 0 saturated heterocycles. The number of hydrogen-bond donors (Lipinski definition) is 4. The number of ether oxygens (including phenoxy) is 1. The van der Waals surface area contributed by atoms with Gasteiger partial charge >= 0.3 is 5.97 Å². The smallest absolute Gasteiger partial charge is 0.335 e. The standard InChI is InChI=1S/C33H36N4O6S/c1-21-20-44-30(35-21)19-37(2)32(40)25-14-24(15-26(16-25)33(41)42)31(39)36-28(13-22-8-5-4-6-9-22)29(38)18-34-17-23-10-7-11-27(12-23)43-3/h4-12,14-16,20,28-29,34,38H,13,17-19H2,1-3H3,(H,36,39)(H,41,42)/t28-,29-/m0/s1. The molecule has 10 nitrogen and oxygen atoms in total. The molecule has 2 atom stereocenters. The quantitative estimate of drug-likeness (QED) is 0.167. The number of nitrogens with one attached hydrogen (secondary N) is 2. The first-order valence-corrected chi connectivity index (χ1v) is 14.9. The van der Waals surface area contributed by atoms with Crippen LogP contribution in [0.2, 0.25) is 0 Å². The lowest BCUT2D eigenvalue weighted by Crippen LogP contribution is -2.48. The number of benzene rings is 3. The topological polar surface area (TPSA) is 141 Å². The van der Waals surface area contributed by atoms with Crippen molar-refractivity contribution in [3.8, 4) is 5.75 Å². The number of carboxylic acids is 1. The van der Waals surface area contributed by atoms with E-state index in [0.29, 0.717) is 13.0 Å². The van der Waals surface area contributed by atoms with E-state index in [1.165, 1.54) is 34.4 Å². The zero-order valence-electron chi connectivity index (χ0n) is 24.8. The average Bonchev–Trinajstić information content (AvgIpc) is 3.44. The van der Waals surface area contributed by atoms with Crippen molar-refractivity contribution in [2.24, 2.45) is 0 Å². The van der Waals surface area contributed by atoms with E-state index in [0.717, 1.165) is 27.6 Å². The van der Waals surface area contributed by atoms with E-state index in [1.54, 1.807) is 14.2 Å². The fourth-order valence-electron chi connectivity index (χ4n) is 4.67. The lowest BCUT2D eigenvalue weighted by atomic mass is 9.99. The van der Waals surface area contributed by atoms with Gasteiger partial charge in [0.25, 0.3) is 11.8 Å². The molecule has 230 valence electrons. The minimum atomic E-state index is -1.27. The number of nitrogens with zero attached hydrogens (tertiary/aromatic N) is 2. The molecule has 0 aliphatic heterocycles. The Labute approximate surface area is 260 Å². The predicted octanol–water partition coefficient (Wildman–Crippen LogP) is 3.92. The normalized spacial score (nSPS) is 12.3. The van der Waals surface area contributed by atoms with Crippen molar-refractivity contribution in [3.05, 3.63) is 117 Å². The Balaban J connectivity index is 1.51. The van der Waals surface area contributed by atoms with Crippen molar-refractivity contribution in [2.45, 2.75) is 38.6 Å². The summed E-state index contributed by atoms with van der Waals surface area (Å²) in [5.74, 6) is -1.59. The summed E-state index contributed by atoms with van der Waals surface area (Å²) in [7, 11) is 3.19. The fraction of sp³-hybridized carbons (Fsp3) is 0.273. The van der Waals surface area contributed by atoms with Gasteiger partial charge < -0.3 is 30.5 Å². The lowest BCUT2D eigenvalue weighted by Gasteiger charge is -2.25. The predicted molar refractivity (Wildman–Crippen MR) is 168 cm³/mol. The molecule has 3 aromatic carbocycles. The summed E-state index contributed by atoms with van der Waals surface area (Å²) in [6, 6.07) is 20.1. The van der Waals surface area contributed by atoms with Crippen LogP contribution in [0.15, 0.2) is 78.2 Å². The van der Waals surface area contributed by atoms with E-state index in [-0.39, 0.29) is 29.8 Å². The van der Waals surface area contributed by atoms with Crippen LogP contribution in [0.3, 0.4) is 0 Å². The molecule has 0 aliphatic rings. The van der Waals surface area contributed by atoms with Gasteiger partial charge in [-0.2, -0.15) is 0 Å². The lowest BCUT2D eigenvalue weighted by molar-refractivity contribution is 0.0696. The zero-order chi connectivity index (χ0) is 31.6. The number of aromatic nitrogens is 1. The van der Waals surface area contributed by atoms with Gasteiger partial charge in [-0.1, -0.05) is 42.5 Å². The van der Waals surface area contributed by atoms with Crippen LogP contribution in [0, 0.1) is 6.92 Å². The highest BCUT2D eigenvalue weighted by molar-refractivity contribution is 7.09. The number of rotatable bonds is 14. The van der Waals surface area contributed by atoms with Crippen LogP contribution in [0.4, 0.5) is 0 Å². The van der Waals surface area contributed by atoms with Crippen LogP contribution in [0.25, 0.3) is 0 Å². The second-order valence-electron chi connectivity index (χ2n) is 10.5. The fourth-order valence-corrected chi connectivity index (χ4v) is 5.49. The minimum Gasteiger partial charge on any atom is -0.497 e. The number of thiazole rings is 1. The summed E-state index contributed by atoms with van der Waals surface area (Å²) in [5.41, 5.74) is 2.59. The van der Waals surface area contributed by atoms with Crippen LogP contribution in [-0.4, -0.2) is 70.7 Å². The molecule has 0 spiro atoms. The van der Waals surface area contributed by atoms with Gasteiger partial charge in [-0.3, -0.25) is 9.59 Å². The van der Waals surface area contributed by atoms with E-state index in [1.807, 2.05) is 66.9 Å². The maximum absolute atomic E-state index is 13.5. The van der Waals surface area contributed by atoms with E-state index in [2.05, 4.69) is 15.6 Å². The summed E-state index contributed by atoms with van der Waals surface area (Å²) in [5, 5.41) is 29.7. The number of hydrogen-bond acceptors (Lipinski definition) is 8. The van der Waals surface area contributed by atoms with Gasteiger partial charge in [0.2, 0.25) is 0 Å². The van der Waals surface area contributed by atoms with Crippen molar-refractivity contribution in [3.63, 3.8) is 0 Å². The Morgan fingerprint density at radius 3 is 2.36 bits per heavy atom. The first kappa shape index (κ1) is 32.3. The highest BCUT2D eigenvalue weighted by atomic mass is 32.1. The van der Waals surface area contributed by atoms with E-state index in [9.17, 15) is 24.6 Å². The molecule has 0 aliphatic carbocycles. The largest absolute Gasteiger partial charge is 0.497 e. The first-order valence-electron chi connectivity index (χ1n) is 14.0. The molecule has 0 unspecified atom stereocenters. The third kappa shape index (κ3) is 8.96. The van der Waals surface area contributed by atoms with Crippen molar-refractivity contribution in [2.75, 3.05) is 20.7 Å². The summed E-state index contributed by atoms with van der Waals surface area (Å²) in [6.07, 6.45) is -0.656. The van der Waals surface area contributed by atoms with Crippen molar-refractivity contribution >= 4 is 29.1 Å². The van der Waals surface area contributed by atoms with Gasteiger partial charge in [0, 0.05) is 42.3 Å². The monoisotopic (exact) mass is 616 g/mol. The van der Waals surface area contributed by atoms with Crippen molar-refractivity contribution in [1.29, 1.82) is 0 Å². The second kappa shape index (κ2) is 15.2. The van der Waals surface area contributed by atoms with Gasteiger partial charge in [0.05, 0.1) is 31.4 Å². The summed E-state index contributed by atoms with van der Waals surface area (Å²) >= 11 is 1.42. The highest BCUT2D eigenvalue weighted by Gasteiger charge is 2.25. The molecule has 11 heteroatoms. The summed E-state index contributed by atoms with van der Waals surface area (Å²) in [4.78, 5) is 44.6. The Hall–Kier alpha value is -4.58. The molecule has 1 aromatic heterocycles. The number of carbonyl (C=O) groups is 3. The molecule has 0 radical (unpaired) electrons. The molecule has 4 aromatic rings. The van der Waals surface area contributed by atoms with Crippen LogP contribution >= 0.6 is 11.3 Å². The molecule has 2 amide bonds. The van der Waals surface area contributed by atoms with Crippen LogP contribution < -0.4 is 15.4 Å². The van der Waals surface area contributed by atoms with Crippen molar-refractivity contribution in [1.82, 2.24) is 20.5 Å². The van der Waals surface area contributed by atoms with Gasteiger partial charge in [-0.25, -0.2) is 9.78 Å². The van der Waals surface area contributed by atoms with Crippen LogP contribution in [0.1, 0.15) is 52.9 Å². The molecular formula is C33H36N4O6S. The SMILES string of the molecule is COc1cccc(CNC[C@H](O)[C@H](Cc2ccccc2)NC(=O)c2cc(C(=O)O)cc(C(=O)N(C)Cc3nc(C)cs3)c2)c1. The number of aryl methyl sites for hydroxylation is 1.